The standard InChI is InChI=1S/C21H16N4O2/c1-27-16-9-7-15(8-10-16)21(26)25-20-19-18(22-13-23-20)12-11-17(24-19)14-5-3-2-4-6-14/h2-13H,1H3,(H,22,23,25,26). The lowest BCUT2D eigenvalue weighted by Crippen LogP contribution is -2.13. The van der Waals surface area contributed by atoms with Crippen LogP contribution in [0.15, 0.2) is 73.1 Å². The topological polar surface area (TPSA) is 77.0 Å². The molecule has 0 aliphatic carbocycles. The number of rotatable bonds is 4. The van der Waals surface area contributed by atoms with E-state index >= 15 is 0 Å². The second-order valence-electron chi connectivity index (χ2n) is 5.84. The number of ether oxygens (including phenoxy) is 1. The van der Waals surface area contributed by atoms with Crippen LogP contribution in [0.4, 0.5) is 5.82 Å². The summed E-state index contributed by atoms with van der Waals surface area (Å²) in [5.41, 5.74) is 3.48. The van der Waals surface area contributed by atoms with Crippen LogP contribution in [-0.4, -0.2) is 28.0 Å². The Morgan fingerprint density at radius 3 is 2.44 bits per heavy atom. The second kappa shape index (κ2) is 7.21. The molecule has 4 rings (SSSR count). The van der Waals surface area contributed by atoms with Crippen LogP contribution in [0.25, 0.3) is 22.3 Å². The second-order valence-corrected chi connectivity index (χ2v) is 5.84. The fourth-order valence-corrected chi connectivity index (χ4v) is 2.72. The molecule has 0 unspecified atom stereocenters. The molecule has 1 amide bonds. The van der Waals surface area contributed by atoms with E-state index < -0.39 is 0 Å². The van der Waals surface area contributed by atoms with E-state index in [2.05, 4.69) is 20.3 Å². The summed E-state index contributed by atoms with van der Waals surface area (Å²) in [4.78, 5) is 25.7. The lowest BCUT2D eigenvalue weighted by Gasteiger charge is -2.09. The maximum absolute atomic E-state index is 12.6. The van der Waals surface area contributed by atoms with Gasteiger partial charge in [-0.2, -0.15) is 0 Å². The highest BCUT2D eigenvalue weighted by molar-refractivity contribution is 6.07. The number of carbonyl (C=O) groups is 1. The summed E-state index contributed by atoms with van der Waals surface area (Å²) in [5, 5.41) is 2.82. The highest BCUT2D eigenvalue weighted by atomic mass is 16.5. The van der Waals surface area contributed by atoms with Crippen molar-refractivity contribution in [1.29, 1.82) is 0 Å². The Balaban J connectivity index is 1.69. The van der Waals surface area contributed by atoms with Crippen molar-refractivity contribution >= 4 is 22.8 Å². The van der Waals surface area contributed by atoms with Gasteiger partial charge in [-0.3, -0.25) is 4.79 Å². The van der Waals surface area contributed by atoms with Crippen LogP contribution >= 0.6 is 0 Å². The first-order valence-electron chi connectivity index (χ1n) is 8.37. The predicted molar refractivity (Wildman–Crippen MR) is 104 cm³/mol. The number of anilines is 1. The molecule has 2 aromatic carbocycles. The zero-order valence-corrected chi connectivity index (χ0v) is 14.6. The fourth-order valence-electron chi connectivity index (χ4n) is 2.72. The van der Waals surface area contributed by atoms with E-state index in [0.717, 1.165) is 11.3 Å². The van der Waals surface area contributed by atoms with Gasteiger partial charge < -0.3 is 10.1 Å². The van der Waals surface area contributed by atoms with E-state index in [1.54, 1.807) is 31.4 Å². The zero-order valence-electron chi connectivity index (χ0n) is 14.6. The number of hydrogen-bond acceptors (Lipinski definition) is 5. The molecule has 132 valence electrons. The number of benzene rings is 2. The Morgan fingerprint density at radius 1 is 0.926 bits per heavy atom. The van der Waals surface area contributed by atoms with Gasteiger partial charge in [0.2, 0.25) is 0 Å². The van der Waals surface area contributed by atoms with Crippen LogP contribution in [0, 0.1) is 0 Å². The van der Waals surface area contributed by atoms with Crippen molar-refractivity contribution in [2.75, 3.05) is 12.4 Å². The van der Waals surface area contributed by atoms with Crippen molar-refractivity contribution in [2.24, 2.45) is 0 Å². The zero-order chi connectivity index (χ0) is 18.6. The molecule has 0 aliphatic heterocycles. The van der Waals surface area contributed by atoms with Crippen LogP contribution in [0.1, 0.15) is 10.4 Å². The normalized spacial score (nSPS) is 10.6. The molecule has 2 aromatic heterocycles. The minimum Gasteiger partial charge on any atom is -0.497 e. The summed E-state index contributed by atoms with van der Waals surface area (Å²) in [6, 6.07) is 20.5. The molecule has 6 nitrogen and oxygen atoms in total. The first-order chi connectivity index (χ1) is 13.2. The smallest absolute Gasteiger partial charge is 0.256 e. The number of aromatic nitrogens is 3. The lowest BCUT2D eigenvalue weighted by molar-refractivity contribution is 0.102. The van der Waals surface area contributed by atoms with Gasteiger partial charge in [-0.15, -0.1) is 0 Å². The number of fused-ring (bicyclic) bond motifs is 1. The molecular formula is C21H16N4O2. The average Bonchev–Trinajstić information content (AvgIpc) is 2.74. The van der Waals surface area contributed by atoms with Gasteiger partial charge in [-0.05, 0) is 36.4 Å². The van der Waals surface area contributed by atoms with E-state index in [0.29, 0.717) is 28.2 Å². The highest BCUT2D eigenvalue weighted by Crippen LogP contribution is 2.23. The number of hydrogen-bond donors (Lipinski definition) is 1. The minimum atomic E-state index is -0.274. The predicted octanol–water partition coefficient (Wildman–Crippen LogP) is 3.95. The summed E-state index contributed by atoms with van der Waals surface area (Å²) in [5.74, 6) is 0.788. The molecule has 0 saturated heterocycles. The van der Waals surface area contributed by atoms with E-state index in [9.17, 15) is 4.79 Å². The summed E-state index contributed by atoms with van der Waals surface area (Å²) in [6.07, 6.45) is 1.41. The first kappa shape index (κ1) is 16.7. The Bertz CT molecular complexity index is 1100. The van der Waals surface area contributed by atoms with Crippen LogP contribution in [0.2, 0.25) is 0 Å². The van der Waals surface area contributed by atoms with Crippen LogP contribution in [-0.2, 0) is 0 Å². The molecule has 0 atom stereocenters. The maximum Gasteiger partial charge on any atom is 0.256 e. The molecular weight excluding hydrogens is 340 g/mol. The van der Waals surface area contributed by atoms with Gasteiger partial charge in [0.25, 0.3) is 5.91 Å². The Labute approximate surface area is 155 Å². The third-order valence-corrected chi connectivity index (χ3v) is 4.14. The van der Waals surface area contributed by atoms with Crippen molar-refractivity contribution in [2.45, 2.75) is 0 Å². The van der Waals surface area contributed by atoms with Crippen molar-refractivity contribution in [3.05, 3.63) is 78.6 Å². The number of methoxy groups -OCH3 is 1. The van der Waals surface area contributed by atoms with Gasteiger partial charge in [0.1, 0.15) is 17.6 Å². The van der Waals surface area contributed by atoms with Gasteiger partial charge in [0.15, 0.2) is 5.82 Å². The number of nitrogens with zero attached hydrogens (tertiary/aromatic N) is 3. The molecule has 0 fully saturated rings. The van der Waals surface area contributed by atoms with Crippen molar-refractivity contribution in [3.8, 4) is 17.0 Å². The quantitative estimate of drug-likeness (QED) is 0.599. The third-order valence-electron chi connectivity index (χ3n) is 4.14. The van der Waals surface area contributed by atoms with Crippen LogP contribution in [0.3, 0.4) is 0 Å². The Morgan fingerprint density at radius 2 is 1.70 bits per heavy atom. The monoisotopic (exact) mass is 356 g/mol. The molecule has 6 heteroatoms. The van der Waals surface area contributed by atoms with E-state index in [1.807, 2.05) is 42.5 Å². The summed E-state index contributed by atoms with van der Waals surface area (Å²) >= 11 is 0. The average molecular weight is 356 g/mol. The van der Waals surface area contributed by atoms with Crippen molar-refractivity contribution in [3.63, 3.8) is 0 Å². The number of nitrogens with one attached hydrogen (secondary N) is 1. The SMILES string of the molecule is COc1ccc(C(=O)Nc2ncnc3ccc(-c4ccccc4)nc23)cc1. The molecule has 2 heterocycles. The summed E-state index contributed by atoms with van der Waals surface area (Å²) in [6.45, 7) is 0. The molecule has 27 heavy (non-hydrogen) atoms. The largest absolute Gasteiger partial charge is 0.497 e. The van der Waals surface area contributed by atoms with Gasteiger partial charge in [0, 0.05) is 11.1 Å². The number of amides is 1. The molecule has 1 N–H and O–H groups in total. The lowest BCUT2D eigenvalue weighted by atomic mass is 10.1. The maximum atomic E-state index is 12.6. The van der Waals surface area contributed by atoms with Crippen LogP contribution < -0.4 is 10.1 Å². The van der Waals surface area contributed by atoms with Gasteiger partial charge in [-0.25, -0.2) is 15.0 Å². The number of carbonyl (C=O) groups excluding carboxylic acids is 1. The summed E-state index contributed by atoms with van der Waals surface area (Å²) in [7, 11) is 1.58. The Hall–Kier alpha value is -3.80. The fraction of sp³-hybridized carbons (Fsp3) is 0.0476. The molecule has 4 aromatic rings. The molecule has 0 spiro atoms. The molecule has 0 saturated carbocycles. The van der Waals surface area contributed by atoms with E-state index in [4.69, 9.17) is 4.74 Å². The molecule has 0 bridgehead atoms. The molecule has 0 aliphatic rings. The third kappa shape index (κ3) is 3.46. The minimum absolute atomic E-state index is 0.274. The van der Waals surface area contributed by atoms with Crippen molar-refractivity contribution < 1.29 is 9.53 Å². The van der Waals surface area contributed by atoms with Crippen molar-refractivity contribution in [1.82, 2.24) is 15.0 Å². The van der Waals surface area contributed by atoms with Gasteiger partial charge >= 0.3 is 0 Å². The van der Waals surface area contributed by atoms with Gasteiger partial charge in [-0.1, -0.05) is 30.3 Å². The Kier molecular flexibility index (Phi) is 4.45. The summed E-state index contributed by atoms with van der Waals surface area (Å²) < 4.78 is 5.12. The van der Waals surface area contributed by atoms with Gasteiger partial charge in [0.05, 0.1) is 18.3 Å². The molecule has 0 radical (unpaired) electrons. The van der Waals surface area contributed by atoms with E-state index in [-0.39, 0.29) is 5.91 Å². The van der Waals surface area contributed by atoms with Crippen LogP contribution in [0.5, 0.6) is 5.75 Å². The number of pyridine rings is 1. The first-order valence-corrected chi connectivity index (χ1v) is 8.37. The van der Waals surface area contributed by atoms with E-state index in [1.165, 1.54) is 6.33 Å². The highest BCUT2D eigenvalue weighted by Gasteiger charge is 2.12.